The molecule has 0 aliphatic carbocycles. The van der Waals surface area contributed by atoms with Crippen molar-refractivity contribution in [2.45, 2.75) is 40.3 Å². The second kappa shape index (κ2) is 6.66. The molecule has 108 valence electrons. The minimum Gasteiger partial charge on any atom is -0.313 e. The summed E-state index contributed by atoms with van der Waals surface area (Å²) in [4.78, 5) is 0. The summed E-state index contributed by atoms with van der Waals surface area (Å²) in [5.74, 6) is -0.206. The van der Waals surface area contributed by atoms with Gasteiger partial charge in [-0.05, 0) is 43.1 Å². The Hall–Kier alpha value is -1.68. The first-order valence-corrected chi connectivity index (χ1v) is 7.19. The third-order valence-corrected chi connectivity index (χ3v) is 3.33. The summed E-state index contributed by atoms with van der Waals surface area (Å²) in [6.45, 7) is 8.68. The lowest BCUT2D eigenvalue weighted by Gasteiger charge is -2.09. The molecule has 0 saturated carbocycles. The fraction of sp³-hybridized carbons (Fsp3) is 0.438. The van der Waals surface area contributed by atoms with Crippen LogP contribution >= 0.6 is 0 Å². The van der Waals surface area contributed by atoms with Gasteiger partial charge in [0.25, 0.3) is 0 Å². The summed E-state index contributed by atoms with van der Waals surface area (Å²) in [6.07, 6.45) is 3.05. The standard InChI is InChI=1S/C16H22FN3/c1-4-8-20-11-16(12(3)19-20)15-9-14(17)7-6-13(15)10-18-5-2/h6-7,9,11,18H,4-5,8,10H2,1-3H3. The van der Waals surface area contributed by atoms with E-state index in [1.165, 1.54) is 6.07 Å². The number of hydrogen-bond donors (Lipinski definition) is 1. The molecule has 2 aromatic rings. The smallest absolute Gasteiger partial charge is 0.123 e. The van der Waals surface area contributed by atoms with Gasteiger partial charge in [-0.25, -0.2) is 4.39 Å². The van der Waals surface area contributed by atoms with Crippen LogP contribution in [0.15, 0.2) is 24.4 Å². The van der Waals surface area contributed by atoms with E-state index in [0.717, 1.165) is 48.4 Å². The van der Waals surface area contributed by atoms with E-state index >= 15 is 0 Å². The molecule has 1 heterocycles. The number of hydrogen-bond acceptors (Lipinski definition) is 2. The molecule has 20 heavy (non-hydrogen) atoms. The van der Waals surface area contributed by atoms with Gasteiger partial charge in [-0.3, -0.25) is 4.68 Å². The van der Waals surface area contributed by atoms with Gasteiger partial charge < -0.3 is 5.32 Å². The molecule has 1 aromatic heterocycles. The first-order chi connectivity index (χ1) is 9.65. The predicted octanol–water partition coefficient (Wildman–Crippen LogP) is 3.52. The summed E-state index contributed by atoms with van der Waals surface area (Å²) < 4.78 is 15.5. The molecule has 0 aliphatic heterocycles. The van der Waals surface area contributed by atoms with Crippen molar-refractivity contribution in [1.29, 1.82) is 0 Å². The number of nitrogens with one attached hydrogen (secondary N) is 1. The minimum absolute atomic E-state index is 0.206. The molecule has 2 rings (SSSR count). The number of nitrogens with zero attached hydrogens (tertiary/aromatic N) is 2. The average Bonchev–Trinajstić information content (AvgIpc) is 2.78. The van der Waals surface area contributed by atoms with E-state index in [4.69, 9.17) is 0 Å². The summed E-state index contributed by atoms with van der Waals surface area (Å²) in [6, 6.07) is 4.97. The van der Waals surface area contributed by atoms with Crippen LogP contribution < -0.4 is 5.32 Å². The molecule has 0 aliphatic rings. The van der Waals surface area contributed by atoms with Crippen molar-refractivity contribution in [3.05, 3.63) is 41.5 Å². The van der Waals surface area contributed by atoms with Crippen LogP contribution in [-0.2, 0) is 13.1 Å². The molecular weight excluding hydrogens is 253 g/mol. The maximum atomic E-state index is 13.6. The largest absolute Gasteiger partial charge is 0.313 e. The summed E-state index contributed by atoms with van der Waals surface area (Å²) in [5.41, 5.74) is 4.01. The predicted molar refractivity (Wildman–Crippen MR) is 80.0 cm³/mol. The first kappa shape index (κ1) is 14.7. The normalized spacial score (nSPS) is 11.0. The molecule has 0 bridgehead atoms. The third kappa shape index (κ3) is 3.25. The number of halogens is 1. The van der Waals surface area contributed by atoms with Crippen molar-refractivity contribution in [2.24, 2.45) is 0 Å². The molecule has 0 saturated heterocycles. The minimum atomic E-state index is -0.206. The van der Waals surface area contributed by atoms with Gasteiger partial charge in [0.15, 0.2) is 0 Å². The van der Waals surface area contributed by atoms with Crippen LogP contribution in [0.25, 0.3) is 11.1 Å². The van der Waals surface area contributed by atoms with Crippen LogP contribution in [-0.4, -0.2) is 16.3 Å². The average molecular weight is 275 g/mol. The summed E-state index contributed by atoms with van der Waals surface area (Å²) in [5, 5.41) is 7.80. The van der Waals surface area contributed by atoms with Gasteiger partial charge in [0.05, 0.1) is 5.69 Å². The Labute approximate surface area is 119 Å². The maximum absolute atomic E-state index is 13.6. The van der Waals surface area contributed by atoms with Crippen LogP contribution in [0.1, 0.15) is 31.5 Å². The van der Waals surface area contributed by atoms with Crippen molar-refractivity contribution < 1.29 is 4.39 Å². The van der Waals surface area contributed by atoms with E-state index in [0.29, 0.717) is 0 Å². The zero-order valence-electron chi connectivity index (χ0n) is 12.4. The van der Waals surface area contributed by atoms with Crippen LogP contribution in [0.3, 0.4) is 0 Å². The Balaban J connectivity index is 2.41. The number of rotatable bonds is 6. The number of aryl methyl sites for hydroxylation is 2. The lowest BCUT2D eigenvalue weighted by Crippen LogP contribution is -2.12. The van der Waals surface area contributed by atoms with Gasteiger partial charge in [-0.1, -0.05) is 19.9 Å². The highest BCUT2D eigenvalue weighted by molar-refractivity contribution is 5.69. The topological polar surface area (TPSA) is 29.9 Å². The Morgan fingerprint density at radius 1 is 1.25 bits per heavy atom. The molecular formula is C16H22FN3. The van der Waals surface area contributed by atoms with Crippen LogP contribution in [0.4, 0.5) is 4.39 Å². The zero-order valence-corrected chi connectivity index (χ0v) is 12.4. The van der Waals surface area contributed by atoms with E-state index in [2.05, 4.69) is 24.3 Å². The van der Waals surface area contributed by atoms with Crippen LogP contribution in [0.5, 0.6) is 0 Å². The van der Waals surface area contributed by atoms with Crippen molar-refractivity contribution >= 4 is 0 Å². The van der Waals surface area contributed by atoms with Gasteiger partial charge in [0, 0.05) is 24.8 Å². The fourth-order valence-corrected chi connectivity index (χ4v) is 2.34. The van der Waals surface area contributed by atoms with Gasteiger partial charge in [-0.15, -0.1) is 0 Å². The van der Waals surface area contributed by atoms with Gasteiger partial charge in [-0.2, -0.15) is 5.10 Å². The molecule has 0 amide bonds. The quantitative estimate of drug-likeness (QED) is 0.874. The third-order valence-electron chi connectivity index (χ3n) is 3.33. The molecule has 1 aromatic carbocycles. The van der Waals surface area contributed by atoms with Crippen molar-refractivity contribution in [2.75, 3.05) is 6.54 Å². The SMILES string of the molecule is CCCn1cc(-c2cc(F)ccc2CNCC)c(C)n1. The number of benzene rings is 1. The second-order valence-electron chi connectivity index (χ2n) is 4.97. The van der Waals surface area contributed by atoms with Crippen LogP contribution in [0, 0.1) is 12.7 Å². The summed E-state index contributed by atoms with van der Waals surface area (Å²) >= 11 is 0. The van der Waals surface area contributed by atoms with E-state index in [1.807, 2.05) is 23.9 Å². The highest BCUT2D eigenvalue weighted by atomic mass is 19.1. The maximum Gasteiger partial charge on any atom is 0.123 e. The molecule has 3 nitrogen and oxygen atoms in total. The van der Waals surface area contributed by atoms with Crippen molar-refractivity contribution in [3.63, 3.8) is 0 Å². The molecule has 0 atom stereocenters. The zero-order chi connectivity index (χ0) is 14.5. The van der Waals surface area contributed by atoms with Gasteiger partial charge in [0.1, 0.15) is 5.82 Å². The molecule has 0 unspecified atom stereocenters. The summed E-state index contributed by atoms with van der Waals surface area (Å²) in [7, 11) is 0. The molecule has 0 spiro atoms. The van der Waals surface area contributed by atoms with Crippen molar-refractivity contribution in [3.8, 4) is 11.1 Å². The lowest BCUT2D eigenvalue weighted by atomic mass is 10.00. The van der Waals surface area contributed by atoms with E-state index in [1.54, 1.807) is 6.07 Å². The van der Waals surface area contributed by atoms with Crippen molar-refractivity contribution in [1.82, 2.24) is 15.1 Å². The molecule has 0 radical (unpaired) electrons. The Morgan fingerprint density at radius 3 is 2.75 bits per heavy atom. The van der Waals surface area contributed by atoms with Gasteiger partial charge in [0.2, 0.25) is 0 Å². The van der Waals surface area contributed by atoms with E-state index < -0.39 is 0 Å². The highest BCUT2D eigenvalue weighted by Crippen LogP contribution is 2.27. The molecule has 1 N–H and O–H groups in total. The highest BCUT2D eigenvalue weighted by Gasteiger charge is 2.12. The van der Waals surface area contributed by atoms with E-state index in [-0.39, 0.29) is 5.82 Å². The van der Waals surface area contributed by atoms with Gasteiger partial charge >= 0.3 is 0 Å². The first-order valence-electron chi connectivity index (χ1n) is 7.19. The lowest BCUT2D eigenvalue weighted by molar-refractivity contribution is 0.598. The number of aromatic nitrogens is 2. The Kier molecular flexibility index (Phi) is 4.90. The van der Waals surface area contributed by atoms with Crippen LogP contribution in [0.2, 0.25) is 0 Å². The monoisotopic (exact) mass is 275 g/mol. The van der Waals surface area contributed by atoms with E-state index in [9.17, 15) is 4.39 Å². The Morgan fingerprint density at radius 2 is 2.05 bits per heavy atom. The molecule has 0 fully saturated rings. The fourth-order valence-electron chi connectivity index (χ4n) is 2.34. The second-order valence-corrected chi connectivity index (χ2v) is 4.97. The Bertz CT molecular complexity index is 575. The molecule has 4 heteroatoms.